The van der Waals surface area contributed by atoms with Gasteiger partial charge in [0.05, 0.1) is 12.7 Å². The molecule has 3 aliphatic rings. The number of amidine groups is 1. The van der Waals surface area contributed by atoms with E-state index in [2.05, 4.69) is 15.0 Å². The Morgan fingerprint density at radius 3 is 2.84 bits per heavy atom. The van der Waals surface area contributed by atoms with Crippen LogP contribution in [-0.4, -0.2) is 70.4 Å². The van der Waals surface area contributed by atoms with Crippen molar-refractivity contribution in [3.8, 4) is 0 Å². The Balaban J connectivity index is 1.54. The molecule has 1 aromatic carbocycles. The summed E-state index contributed by atoms with van der Waals surface area (Å²) in [5, 5.41) is 19.2. The van der Waals surface area contributed by atoms with Crippen molar-refractivity contribution >= 4 is 17.9 Å². The number of nitrogens with zero attached hydrogens (tertiary/aromatic N) is 4. The van der Waals surface area contributed by atoms with Crippen LogP contribution in [-0.2, 0) is 11.2 Å². The molecule has 25 heavy (non-hydrogen) atoms. The molecule has 0 saturated carbocycles. The monoisotopic (exact) mass is 343 g/mol. The summed E-state index contributed by atoms with van der Waals surface area (Å²) >= 11 is 0. The van der Waals surface area contributed by atoms with Crippen molar-refractivity contribution in [2.45, 2.75) is 36.9 Å². The standard InChI is InChI=1S/C17H21N5O3/c18-17(7-11-4-2-1-3-5-11)15-16(19-9-21-17)22(10-20-15)14-6-12(24)13(8-23)25-14/h1-5,9,12-14,23-24H,6-8,10,18H2/t12-,13+,14+,17?/m0/s1. The molecule has 0 aromatic heterocycles. The van der Waals surface area contributed by atoms with Gasteiger partial charge in [0.15, 0.2) is 11.5 Å². The molecule has 0 spiro atoms. The molecule has 1 unspecified atom stereocenters. The summed E-state index contributed by atoms with van der Waals surface area (Å²) in [6.45, 7) is 0.128. The second kappa shape index (κ2) is 6.30. The second-order valence-corrected chi connectivity index (χ2v) is 6.52. The summed E-state index contributed by atoms with van der Waals surface area (Å²) in [4.78, 5) is 15.2. The van der Waals surface area contributed by atoms with E-state index in [1.165, 1.54) is 6.34 Å². The highest BCUT2D eigenvalue weighted by molar-refractivity contribution is 6.47. The summed E-state index contributed by atoms with van der Waals surface area (Å²) in [5.74, 6) is 0.629. The first kappa shape index (κ1) is 16.3. The Morgan fingerprint density at radius 2 is 2.12 bits per heavy atom. The van der Waals surface area contributed by atoms with Gasteiger partial charge in [-0.05, 0) is 5.56 Å². The highest BCUT2D eigenvalue weighted by atomic mass is 16.5. The van der Waals surface area contributed by atoms with E-state index in [0.29, 0.717) is 31.1 Å². The van der Waals surface area contributed by atoms with Crippen LogP contribution in [0.25, 0.3) is 0 Å². The second-order valence-electron chi connectivity index (χ2n) is 6.52. The maximum atomic E-state index is 9.97. The number of ether oxygens (including phenoxy) is 1. The van der Waals surface area contributed by atoms with Crippen LogP contribution >= 0.6 is 0 Å². The van der Waals surface area contributed by atoms with E-state index in [1.807, 2.05) is 35.2 Å². The first-order valence-corrected chi connectivity index (χ1v) is 8.31. The van der Waals surface area contributed by atoms with Gasteiger partial charge in [0.25, 0.3) is 0 Å². The molecule has 4 atom stereocenters. The van der Waals surface area contributed by atoms with Crippen LogP contribution in [0.1, 0.15) is 12.0 Å². The lowest BCUT2D eigenvalue weighted by Gasteiger charge is -2.31. The van der Waals surface area contributed by atoms with Crippen LogP contribution in [0.2, 0.25) is 0 Å². The predicted octanol–water partition coefficient (Wildman–Crippen LogP) is -0.493. The van der Waals surface area contributed by atoms with Crippen LogP contribution < -0.4 is 5.73 Å². The van der Waals surface area contributed by atoms with E-state index in [4.69, 9.17) is 10.5 Å². The van der Waals surface area contributed by atoms with Crippen molar-refractivity contribution in [1.82, 2.24) is 4.90 Å². The fraction of sp³-hybridized carbons (Fsp3) is 0.471. The van der Waals surface area contributed by atoms with Crippen molar-refractivity contribution in [2.24, 2.45) is 20.7 Å². The smallest absolute Gasteiger partial charge is 0.160 e. The van der Waals surface area contributed by atoms with Gasteiger partial charge in [-0.3, -0.25) is 4.99 Å². The first-order valence-electron chi connectivity index (χ1n) is 8.31. The Labute approximate surface area is 145 Å². The van der Waals surface area contributed by atoms with Crippen LogP contribution in [0.3, 0.4) is 0 Å². The Hall–Kier alpha value is -2.13. The number of nitrogens with two attached hydrogens (primary N) is 1. The third-order valence-electron chi connectivity index (χ3n) is 4.79. The fourth-order valence-electron chi connectivity index (χ4n) is 3.47. The van der Waals surface area contributed by atoms with Crippen molar-refractivity contribution in [3.05, 3.63) is 35.9 Å². The maximum Gasteiger partial charge on any atom is 0.160 e. The van der Waals surface area contributed by atoms with E-state index < -0.39 is 17.9 Å². The lowest BCUT2D eigenvalue weighted by atomic mass is 9.94. The van der Waals surface area contributed by atoms with E-state index in [-0.39, 0.29) is 12.8 Å². The minimum absolute atomic E-state index is 0.220. The molecule has 4 N–H and O–H groups in total. The number of aliphatic imine (C=N–C) groups is 3. The quantitative estimate of drug-likeness (QED) is 0.682. The lowest BCUT2D eigenvalue weighted by molar-refractivity contribution is -0.0560. The molecule has 1 aromatic rings. The number of aliphatic hydroxyl groups is 2. The summed E-state index contributed by atoms with van der Waals surface area (Å²) in [6.07, 6.45) is 0.691. The largest absolute Gasteiger partial charge is 0.394 e. The van der Waals surface area contributed by atoms with Gasteiger partial charge in [0.1, 0.15) is 31.1 Å². The Morgan fingerprint density at radius 1 is 1.32 bits per heavy atom. The topological polar surface area (TPSA) is 116 Å². The molecule has 4 rings (SSSR count). The highest BCUT2D eigenvalue weighted by Gasteiger charge is 2.46. The zero-order chi connectivity index (χ0) is 17.4. The Kier molecular flexibility index (Phi) is 4.12. The zero-order valence-corrected chi connectivity index (χ0v) is 13.7. The van der Waals surface area contributed by atoms with Gasteiger partial charge >= 0.3 is 0 Å². The van der Waals surface area contributed by atoms with Crippen LogP contribution in [0.5, 0.6) is 0 Å². The maximum absolute atomic E-state index is 9.97. The number of aliphatic hydroxyl groups excluding tert-OH is 2. The van der Waals surface area contributed by atoms with Gasteiger partial charge < -0.3 is 25.6 Å². The molecule has 0 amide bonds. The van der Waals surface area contributed by atoms with Gasteiger partial charge in [-0.15, -0.1) is 0 Å². The molecule has 8 nitrogen and oxygen atoms in total. The summed E-state index contributed by atoms with van der Waals surface area (Å²) < 4.78 is 5.73. The average Bonchev–Trinajstić information content (AvgIpc) is 3.20. The first-order chi connectivity index (χ1) is 12.1. The highest BCUT2D eigenvalue weighted by Crippen LogP contribution is 2.29. The van der Waals surface area contributed by atoms with Crippen molar-refractivity contribution in [2.75, 3.05) is 13.3 Å². The number of rotatable bonds is 4. The van der Waals surface area contributed by atoms with Crippen LogP contribution in [0.4, 0.5) is 0 Å². The van der Waals surface area contributed by atoms with Gasteiger partial charge in [-0.25, -0.2) is 9.98 Å². The number of hydrogen-bond acceptors (Lipinski definition) is 8. The number of hydrogen-bond donors (Lipinski definition) is 3. The lowest BCUT2D eigenvalue weighted by Crippen LogP contribution is -2.55. The minimum atomic E-state index is -0.971. The van der Waals surface area contributed by atoms with Crippen LogP contribution in [0.15, 0.2) is 45.3 Å². The summed E-state index contributed by atoms with van der Waals surface area (Å²) in [5.41, 5.74) is 7.28. The fourth-order valence-corrected chi connectivity index (χ4v) is 3.47. The molecule has 1 saturated heterocycles. The molecular formula is C17H21N5O3. The summed E-state index contributed by atoms with van der Waals surface area (Å²) in [7, 11) is 0. The molecule has 132 valence electrons. The van der Waals surface area contributed by atoms with Crippen molar-refractivity contribution in [1.29, 1.82) is 0 Å². The zero-order valence-electron chi connectivity index (χ0n) is 13.7. The van der Waals surface area contributed by atoms with E-state index >= 15 is 0 Å². The van der Waals surface area contributed by atoms with E-state index in [9.17, 15) is 10.2 Å². The number of fused-ring (bicyclic) bond motifs is 1. The van der Waals surface area contributed by atoms with Crippen molar-refractivity contribution in [3.63, 3.8) is 0 Å². The van der Waals surface area contributed by atoms with Crippen molar-refractivity contribution < 1.29 is 14.9 Å². The third-order valence-corrected chi connectivity index (χ3v) is 4.79. The molecule has 0 bridgehead atoms. The molecule has 0 radical (unpaired) electrons. The SMILES string of the molecule is NC1(Cc2ccccc2)N=CN=C2C1=NCN2[C@H]1C[C@H](O)[C@@H](CO)O1. The molecule has 3 heterocycles. The van der Waals surface area contributed by atoms with E-state index in [1.54, 1.807) is 0 Å². The number of benzene rings is 1. The van der Waals surface area contributed by atoms with Gasteiger partial charge in [-0.2, -0.15) is 0 Å². The summed E-state index contributed by atoms with van der Waals surface area (Å²) in [6, 6.07) is 9.90. The van der Waals surface area contributed by atoms with Gasteiger partial charge in [0, 0.05) is 12.8 Å². The van der Waals surface area contributed by atoms with Crippen LogP contribution in [0, 0.1) is 0 Å². The molecule has 3 aliphatic heterocycles. The molecule has 1 fully saturated rings. The predicted molar refractivity (Wildman–Crippen MR) is 93.5 cm³/mol. The Bertz CT molecular complexity index is 735. The molecule has 8 heteroatoms. The average molecular weight is 343 g/mol. The van der Waals surface area contributed by atoms with Gasteiger partial charge in [-0.1, -0.05) is 30.3 Å². The van der Waals surface area contributed by atoms with E-state index in [0.717, 1.165) is 5.56 Å². The molecular weight excluding hydrogens is 322 g/mol. The normalized spacial score (nSPS) is 34.0. The van der Waals surface area contributed by atoms with Gasteiger partial charge in [0.2, 0.25) is 0 Å². The molecule has 0 aliphatic carbocycles. The minimum Gasteiger partial charge on any atom is -0.394 e. The third kappa shape index (κ3) is 2.87.